The Balaban J connectivity index is 0. The molecular formula is C15H33IN4. The van der Waals surface area contributed by atoms with E-state index in [-0.39, 0.29) is 24.0 Å². The van der Waals surface area contributed by atoms with E-state index in [1.807, 2.05) is 13.1 Å². The van der Waals surface area contributed by atoms with Gasteiger partial charge >= 0.3 is 0 Å². The molecule has 0 fully saturated rings. The summed E-state index contributed by atoms with van der Waals surface area (Å²) < 4.78 is 0. The Labute approximate surface area is 142 Å². The normalized spacial score (nSPS) is 12.8. The zero-order chi connectivity index (χ0) is 14.7. The minimum atomic E-state index is 0. The summed E-state index contributed by atoms with van der Waals surface area (Å²) >= 11 is 0. The zero-order valence-corrected chi connectivity index (χ0v) is 16.2. The summed E-state index contributed by atoms with van der Waals surface area (Å²) in [6.07, 6.45) is 4.13. The largest absolute Gasteiger partial charge is 0.355 e. The molecule has 20 heavy (non-hydrogen) atoms. The first-order chi connectivity index (χ1) is 9.10. The molecule has 0 saturated heterocycles. The van der Waals surface area contributed by atoms with Crippen LogP contribution in [0.4, 0.5) is 0 Å². The van der Waals surface area contributed by atoms with E-state index in [1.54, 1.807) is 0 Å². The summed E-state index contributed by atoms with van der Waals surface area (Å²) in [5.74, 6) is 0.975. The van der Waals surface area contributed by atoms with Crippen LogP contribution in [0.1, 0.15) is 33.6 Å². The van der Waals surface area contributed by atoms with Crippen LogP contribution in [0.2, 0.25) is 0 Å². The quantitative estimate of drug-likeness (QED) is 0.214. The lowest BCUT2D eigenvalue weighted by molar-refractivity contribution is 0.230. The van der Waals surface area contributed by atoms with Gasteiger partial charge < -0.3 is 10.2 Å². The Morgan fingerprint density at radius 2 is 1.95 bits per heavy atom. The number of guanidine groups is 1. The first kappa shape index (κ1) is 22.0. The summed E-state index contributed by atoms with van der Waals surface area (Å²) in [7, 11) is 3.93. The van der Waals surface area contributed by atoms with Crippen LogP contribution >= 0.6 is 24.0 Å². The van der Waals surface area contributed by atoms with Crippen LogP contribution in [0.3, 0.4) is 0 Å². The van der Waals surface area contributed by atoms with E-state index in [1.165, 1.54) is 0 Å². The average molecular weight is 396 g/mol. The van der Waals surface area contributed by atoms with Crippen molar-refractivity contribution >= 4 is 29.9 Å². The molecule has 0 radical (unpaired) electrons. The van der Waals surface area contributed by atoms with Gasteiger partial charge in [0.15, 0.2) is 5.96 Å². The molecule has 1 N–H and O–H groups in total. The lowest BCUT2D eigenvalue weighted by Gasteiger charge is -2.29. The average Bonchev–Trinajstić information content (AvgIpc) is 2.41. The number of rotatable bonds is 9. The minimum absolute atomic E-state index is 0. The first-order valence-electron chi connectivity index (χ1n) is 7.37. The van der Waals surface area contributed by atoms with Gasteiger partial charge in [0.1, 0.15) is 0 Å². The van der Waals surface area contributed by atoms with Gasteiger partial charge in [-0.2, -0.15) is 0 Å². The van der Waals surface area contributed by atoms with Gasteiger partial charge in [-0.05, 0) is 32.9 Å². The maximum atomic E-state index is 4.34. The van der Waals surface area contributed by atoms with Crippen LogP contribution in [-0.4, -0.2) is 62.1 Å². The van der Waals surface area contributed by atoms with Gasteiger partial charge in [0, 0.05) is 33.2 Å². The van der Waals surface area contributed by atoms with Crippen molar-refractivity contribution < 1.29 is 0 Å². The Bertz CT molecular complexity index is 265. The van der Waals surface area contributed by atoms with Crippen LogP contribution in [0.5, 0.6) is 0 Å². The summed E-state index contributed by atoms with van der Waals surface area (Å²) in [4.78, 5) is 8.96. The van der Waals surface area contributed by atoms with E-state index in [4.69, 9.17) is 0 Å². The topological polar surface area (TPSA) is 30.9 Å². The molecule has 1 atom stereocenters. The summed E-state index contributed by atoms with van der Waals surface area (Å²) in [5.41, 5.74) is 0. The SMILES string of the molecule is C=CCCCN(C)C(=NC)NCC(C)N(CC)CC.I. The van der Waals surface area contributed by atoms with Crippen LogP contribution in [0.15, 0.2) is 17.6 Å². The number of nitrogens with zero attached hydrogens (tertiary/aromatic N) is 3. The van der Waals surface area contributed by atoms with Crippen molar-refractivity contribution in [3.63, 3.8) is 0 Å². The highest BCUT2D eigenvalue weighted by Gasteiger charge is 2.11. The lowest BCUT2D eigenvalue weighted by atomic mass is 10.2. The number of allylic oxidation sites excluding steroid dienone is 1. The van der Waals surface area contributed by atoms with Gasteiger partial charge in [-0.25, -0.2) is 0 Å². The second kappa shape index (κ2) is 13.7. The predicted molar refractivity (Wildman–Crippen MR) is 101 cm³/mol. The number of likely N-dealkylation sites (N-methyl/N-ethyl adjacent to an activating group) is 1. The van der Waals surface area contributed by atoms with Crippen molar-refractivity contribution in [2.45, 2.75) is 39.7 Å². The van der Waals surface area contributed by atoms with Gasteiger partial charge in [-0.15, -0.1) is 30.6 Å². The van der Waals surface area contributed by atoms with E-state index < -0.39 is 0 Å². The monoisotopic (exact) mass is 396 g/mol. The molecule has 0 aromatic carbocycles. The van der Waals surface area contributed by atoms with E-state index in [2.05, 4.69) is 54.5 Å². The minimum Gasteiger partial charge on any atom is -0.355 e. The Hall–Kier alpha value is -0.300. The fraction of sp³-hybridized carbons (Fsp3) is 0.800. The number of hydrogen-bond donors (Lipinski definition) is 1. The van der Waals surface area contributed by atoms with Gasteiger partial charge in [-0.1, -0.05) is 19.9 Å². The number of unbranched alkanes of at least 4 members (excludes halogenated alkanes) is 1. The molecule has 0 aliphatic rings. The zero-order valence-electron chi connectivity index (χ0n) is 13.9. The number of nitrogens with one attached hydrogen (secondary N) is 1. The third-order valence-corrected chi connectivity index (χ3v) is 3.47. The van der Waals surface area contributed by atoms with Crippen LogP contribution in [0, 0.1) is 0 Å². The van der Waals surface area contributed by atoms with Crippen LogP contribution in [-0.2, 0) is 0 Å². The number of halogens is 1. The highest BCUT2D eigenvalue weighted by molar-refractivity contribution is 14.0. The summed E-state index contributed by atoms with van der Waals surface area (Å²) in [5, 5.41) is 3.45. The molecule has 120 valence electrons. The van der Waals surface area contributed by atoms with Crippen LogP contribution in [0.25, 0.3) is 0 Å². The fourth-order valence-electron chi connectivity index (χ4n) is 2.18. The molecule has 0 aliphatic heterocycles. The van der Waals surface area contributed by atoms with E-state index in [9.17, 15) is 0 Å². The predicted octanol–water partition coefficient (Wildman–Crippen LogP) is 2.81. The smallest absolute Gasteiger partial charge is 0.193 e. The van der Waals surface area contributed by atoms with Crippen molar-refractivity contribution in [1.82, 2.24) is 15.1 Å². The molecule has 0 rings (SSSR count). The molecule has 0 saturated carbocycles. The Morgan fingerprint density at radius 1 is 1.35 bits per heavy atom. The van der Waals surface area contributed by atoms with Crippen molar-refractivity contribution in [3.05, 3.63) is 12.7 Å². The van der Waals surface area contributed by atoms with Gasteiger partial charge in [0.25, 0.3) is 0 Å². The summed E-state index contributed by atoms with van der Waals surface area (Å²) in [6, 6.07) is 0.522. The highest BCUT2D eigenvalue weighted by Crippen LogP contribution is 1.98. The van der Waals surface area contributed by atoms with Crippen molar-refractivity contribution in [3.8, 4) is 0 Å². The Kier molecular flexibility index (Phi) is 15.0. The first-order valence-corrected chi connectivity index (χ1v) is 7.37. The molecule has 0 heterocycles. The fourth-order valence-corrected chi connectivity index (χ4v) is 2.18. The standard InChI is InChI=1S/C15H32N4.HI/c1-7-10-11-12-18(6)15(16-5)17-13-14(4)19(8-2)9-3;/h7,14H,1,8-13H2,2-6H3,(H,16,17);1H. The van der Waals surface area contributed by atoms with Crippen LogP contribution < -0.4 is 5.32 Å². The van der Waals surface area contributed by atoms with Crippen molar-refractivity contribution in [2.75, 3.05) is 40.3 Å². The molecule has 1 unspecified atom stereocenters. The maximum Gasteiger partial charge on any atom is 0.193 e. The molecule has 0 bridgehead atoms. The molecule has 4 nitrogen and oxygen atoms in total. The van der Waals surface area contributed by atoms with Gasteiger partial charge in [0.2, 0.25) is 0 Å². The molecular weight excluding hydrogens is 363 g/mol. The number of aliphatic imine (C=N–C) groups is 1. The van der Waals surface area contributed by atoms with E-state index in [0.717, 1.165) is 45.0 Å². The maximum absolute atomic E-state index is 4.34. The molecule has 0 amide bonds. The van der Waals surface area contributed by atoms with E-state index >= 15 is 0 Å². The van der Waals surface area contributed by atoms with Crippen molar-refractivity contribution in [1.29, 1.82) is 0 Å². The Morgan fingerprint density at radius 3 is 2.40 bits per heavy atom. The van der Waals surface area contributed by atoms with E-state index in [0.29, 0.717) is 6.04 Å². The molecule has 0 aromatic heterocycles. The van der Waals surface area contributed by atoms with Gasteiger partial charge in [-0.3, -0.25) is 9.89 Å². The van der Waals surface area contributed by atoms with Crippen molar-refractivity contribution in [2.24, 2.45) is 4.99 Å². The second-order valence-corrected chi connectivity index (χ2v) is 4.85. The second-order valence-electron chi connectivity index (χ2n) is 4.85. The van der Waals surface area contributed by atoms with Gasteiger partial charge in [0.05, 0.1) is 0 Å². The number of hydrogen-bond acceptors (Lipinski definition) is 2. The molecule has 0 aliphatic carbocycles. The highest BCUT2D eigenvalue weighted by atomic mass is 127. The lowest BCUT2D eigenvalue weighted by Crippen LogP contribution is -2.46. The molecule has 0 spiro atoms. The third kappa shape index (κ3) is 8.79. The summed E-state index contributed by atoms with van der Waals surface area (Å²) in [6.45, 7) is 14.5. The molecule has 5 heteroatoms. The third-order valence-electron chi connectivity index (χ3n) is 3.47. The molecule has 0 aromatic rings.